The van der Waals surface area contributed by atoms with Gasteiger partial charge in [-0.15, -0.1) is 0 Å². The van der Waals surface area contributed by atoms with E-state index >= 15 is 0 Å². The van der Waals surface area contributed by atoms with Crippen molar-refractivity contribution in [1.82, 2.24) is 24.5 Å². The quantitative estimate of drug-likeness (QED) is 0.161. The summed E-state index contributed by atoms with van der Waals surface area (Å²) in [6.45, 7) is 0. The fraction of sp³-hybridized carbons (Fsp3) is 0. The second-order valence-corrected chi connectivity index (χ2v) is 15.6. The minimum absolute atomic E-state index is 0.792. The van der Waals surface area contributed by atoms with Crippen LogP contribution in [0.5, 0.6) is 0 Å². The molecule has 0 saturated carbocycles. The Morgan fingerprint density at radius 3 is 1.45 bits per heavy atom. The first-order valence-corrected chi connectivity index (χ1v) is 20.6. The monoisotopic (exact) mass is 793 g/mol. The Hall–Kier alpha value is -8.48. The highest BCUT2D eigenvalue weighted by atomic mass is 16.3. The van der Waals surface area contributed by atoms with E-state index in [4.69, 9.17) is 9.40 Å². The molecular formula is C56H35N5O. The molecule has 6 heteroatoms. The van der Waals surface area contributed by atoms with Gasteiger partial charge in [-0.2, -0.15) is 0 Å². The van der Waals surface area contributed by atoms with Crippen LogP contribution in [0.25, 0.3) is 116 Å². The standard InChI is InChI=1S/C56H35N5O/c1-2-19-53-47(18-1)49-28-40(36-9-3-10-37(25-36)43-15-6-22-57-31-43)20-21-54(49)61(53)46-29-48(41-13-4-11-38(26-41)44-16-7-23-58-32-44)55-50(30-46)52-35-60-34-51(56(52)62-55)42-14-5-12-39(27-42)45-17-8-24-59-33-45/h1-35H. The number of pyridine rings is 4. The minimum Gasteiger partial charge on any atom is -0.455 e. The van der Waals surface area contributed by atoms with Gasteiger partial charge in [0, 0.05) is 105 Å². The third-order valence-electron chi connectivity index (χ3n) is 11.9. The number of hydrogen-bond acceptors (Lipinski definition) is 5. The molecule has 12 aromatic rings. The van der Waals surface area contributed by atoms with Crippen LogP contribution in [-0.2, 0) is 0 Å². The first-order valence-electron chi connectivity index (χ1n) is 20.6. The number of para-hydroxylation sites is 1. The Morgan fingerprint density at radius 2 is 0.823 bits per heavy atom. The molecule has 6 aromatic carbocycles. The third kappa shape index (κ3) is 6.04. The predicted octanol–water partition coefficient (Wildman–Crippen LogP) is 14.3. The average Bonchev–Trinajstić information content (AvgIpc) is 3.90. The summed E-state index contributed by atoms with van der Waals surface area (Å²) in [5, 5.41) is 4.31. The van der Waals surface area contributed by atoms with Gasteiger partial charge >= 0.3 is 0 Å². The summed E-state index contributed by atoms with van der Waals surface area (Å²) < 4.78 is 9.48. The van der Waals surface area contributed by atoms with Crippen LogP contribution in [0.4, 0.5) is 0 Å². The Balaban J connectivity index is 1.08. The normalized spacial score (nSPS) is 11.5. The number of hydrogen-bond donors (Lipinski definition) is 0. The van der Waals surface area contributed by atoms with Crippen LogP contribution in [0.1, 0.15) is 0 Å². The number of benzene rings is 6. The first kappa shape index (κ1) is 35.5. The number of fused-ring (bicyclic) bond motifs is 6. The number of furan rings is 1. The van der Waals surface area contributed by atoms with Gasteiger partial charge in [-0.05, 0) is 106 Å². The Bertz CT molecular complexity index is 3630. The van der Waals surface area contributed by atoms with Crippen LogP contribution in [-0.4, -0.2) is 24.5 Å². The van der Waals surface area contributed by atoms with Gasteiger partial charge in [-0.3, -0.25) is 19.9 Å². The van der Waals surface area contributed by atoms with Crippen LogP contribution in [0.3, 0.4) is 0 Å². The molecule has 0 aliphatic heterocycles. The van der Waals surface area contributed by atoms with Crippen LogP contribution in [0.2, 0.25) is 0 Å². The lowest BCUT2D eigenvalue weighted by Gasteiger charge is -2.13. The fourth-order valence-corrected chi connectivity index (χ4v) is 8.97. The molecule has 0 fully saturated rings. The van der Waals surface area contributed by atoms with E-state index in [1.807, 2.05) is 55.4 Å². The van der Waals surface area contributed by atoms with E-state index < -0.39 is 0 Å². The van der Waals surface area contributed by atoms with Gasteiger partial charge in [-0.1, -0.05) is 97.1 Å². The van der Waals surface area contributed by atoms with E-state index in [0.29, 0.717) is 0 Å². The molecule has 0 atom stereocenters. The Morgan fingerprint density at radius 1 is 0.306 bits per heavy atom. The van der Waals surface area contributed by atoms with Gasteiger partial charge < -0.3 is 8.98 Å². The van der Waals surface area contributed by atoms with Crippen molar-refractivity contribution in [1.29, 1.82) is 0 Å². The molecule has 0 aliphatic rings. The first-order chi connectivity index (χ1) is 30.7. The molecule has 0 unspecified atom stereocenters. The lowest BCUT2D eigenvalue weighted by molar-refractivity contribution is 0.670. The van der Waals surface area contributed by atoms with E-state index in [1.54, 1.807) is 12.4 Å². The topological polar surface area (TPSA) is 69.6 Å². The maximum atomic E-state index is 7.09. The van der Waals surface area contributed by atoms with Gasteiger partial charge in [0.15, 0.2) is 0 Å². The summed E-state index contributed by atoms with van der Waals surface area (Å²) in [6.07, 6.45) is 15.0. The van der Waals surface area contributed by atoms with Gasteiger partial charge in [0.25, 0.3) is 0 Å². The number of rotatable bonds is 7. The molecule has 0 saturated heterocycles. The van der Waals surface area contributed by atoms with E-state index in [1.165, 1.54) is 10.8 Å². The molecule has 0 N–H and O–H groups in total. The molecule has 0 radical (unpaired) electrons. The van der Waals surface area contributed by atoms with Crippen LogP contribution in [0.15, 0.2) is 218 Å². The summed E-state index contributed by atoms with van der Waals surface area (Å²) >= 11 is 0. The van der Waals surface area contributed by atoms with Crippen molar-refractivity contribution in [2.45, 2.75) is 0 Å². The van der Waals surface area contributed by atoms with Gasteiger partial charge in [0.05, 0.1) is 11.0 Å². The zero-order valence-corrected chi connectivity index (χ0v) is 33.4. The van der Waals surface area contributed by atoms with Gasteiger partial charge in [0.1, 0.15) is 11.2 Å². The molecule has 0 bridgehead atoms. The van der Waals surface area contributed by atoms with Crippen molar-refractivity contribution in [2.75, 3.05) is 0 Å². The number of aromatic nitrogens is 5. The van der Waals surface area contributed by atoms with E-state index in [0.717, 1.165) is 105 Å². The van der Waals surface area contributed by atoms with E-state index in [2.05, 4.69) is 165 Å². The van der Waals surface area contributed by atoms with Gasteiger partial charge in [0.2, 0.25) is 0 Å². The SMILES string of the molecule is c1cncc(-c2cccc(-c3ccc4c(c3)c3ccccc3n4-c3cc(-c4cccc(-c5cccnc5)c4)c4oc5c(-c6cccc(-c7cccnc7)c6)cncc5c4c3)c2)c1. The Kier molecular flexibility index (Phi) is 8.38. The molecule has 12 rings (SSSR count). The summed E-state index contributed by atoms with van der Waals surface area (Å²) in [4.78, 5) is 18.0. The van der Waals surface area contributed by atoms with Crippen molar-refractivity contribution in [3.05, 3.63) is 213 Å². The molecular weight excluding hydrogens is 759 g/mol. The second kappa shape index (κ2) is 14.7. The zero-order chi connectivity index (χ0) is 41.0. The average molecular weight is 794 g/mol. The molecule has 0 spiro atoms. The minimum atomic E-state index is 0.792. The molecule has 290 valence electrons. The summed E-state index contributed by atoms with van der Waals surface area (Å²) in [5.41, 5.74) is 17.7. The van der Waals surface area contributed by atoms with Crippen molar-refractivity contribution < 1.29 is 4.42 Å². The molecule has 0 amide bonds. The van der Waals surface area contributed by atoms with Crippen molar-refractivity contribution >= 4 is 43.7 Å². The second-order valence-electron chi connectivity index (χ2n) is 15.6. The molecule has 0 aliphatic carbocycles. The lowest BCUT2D eigenvalue weighted by atomic mass is 9.97. The lowest BCUT2D eigenvalue weighted by Crippen LogP contribution is -1.95. The summed E-state index contributed by atoms with van der Waals surface area (Å²) in [5.74, 6) is 0. The third-order valence-corrected chi connectivity index (χ3v) is 11.9. The fourth-order valence-electron chi connectivity index (χ4n) is 8.97. The highest BCUT2D eigenvalue weighted by Crippen LogP contribution is 2.44. The molecule has 6 heterocycles. The zero-order valence-electron chi connectivity index (χ0n) is 33.4. The summed E-state index contributed by atoms with van der Waals surface area (Å²) in [7, 11) is 0. The Labute approximate surface area is 357 Å². The molecule has 6 nitrogen and oxygen atoms in total. The van der Waals surface area contributed by atoms with Gasteiger partial charge in [-0.25, -0.2) is 0 Å². The van der Waals surface area contributed by atoms with E-state index in [9.17, 15) is 0 Å². The van der Waals surface area contributed by atoms with Crippen molar-refractivity contribution in [3.8, 4) is 72.4 Å². The maximum Gasteiger partial charge on any atom is 0.146 e. The molecule has 62 heavy (non-hydrogen) atoms. The summed E-state index contributed by atoms with van der Waals surface area (Å²) in [6, 6.07) is 58.1. The van der Waals surface area contributed by atoms with Crippen molar-refractivity contribution in [2.24, 2.45) is 0 Å². The van der Waals surface area contributed by atoms with Crippen molar-refractivity contribution in [3.63, 3.8) is 0 Å². The highest BCUT2D eigenvalue weighted by molar-refractivity contribution is 6.15. The smallest absolute Gasteiger partial charge is 0.146 e. The van der Waals surface area contributed by atoms with E-state index in [-0.39, 0.29) is 0 Å². The largest absolute Gasteiger partial charge is 0.455 e. The highest BCUT2D eigenvalue weighted by Gasteiger charge is 2.21. The molecule has 6 aromatic heterocycles. The van der Waals surface area contributed by atoms with Crippen LogP contribution < -0.4 is 0 Å². The van der Waals surface area contributed by atoms with Crippen LogP contribution in [0, 0.1) is 0 Å². The number of nitrogens with zero attached hydrogens (tertiary/aromatic N) is 5. The van der Waals surface area contributed by atoms with Crippen LogP contribution >= 0.6 is 0 Å². The maximum absolute atomic E-state index is 7.09. The predicted molar refractivity (Wildman–Crippen MR) is 252 cm³/mol.